The van der Waals surface area contributed by atoms with Crippen molar-refractivity contribution < 1.29 is 19.1 Å². The van der Waals surface area contributed by atoms with Gasteiger partial charge in [0.15, 0.2) is 17.3 Å². The molecule has 25 heavy (non-hydrogen) atoms. The van der Waals surface area contributed by atoms with E-state index in [9.17, 15) is 9.59 Å². The van der Waals surface area contributed by atoms with Gasteiger partial charge in [0.1, 0.15) is 19.0 Å². The van der Waals surface area contributed by atoms with Crippen LogP contribution in [-0.2, 0) is 4.79 Å². The highest BCUT2D eigenvalue weighted by molar-refractivity contribution is 6.04. The minimum Gasteiger partial charge on any atom is -0.486 e. The van der Waals surface area contributed by atoms with Gasteiger partial charge in [-0.3, -0.25) is 9.59 Å². The second kappa shape index (κ2) is 6.96. The summed E-state index contributed by atoms with van der Waals surface area (Å²) >= 11 is 0. The van der Waals surface area contributed by atoms with Crippen LogP contribution in [0.4, 0.5) is 5.69 Å². The van der Waals surface area contributed by atoms with Crippen molar-refractivity contribution >= 4 is 17.4 Å². The van der Waals surface area contributed by atoms with Crippen molar-refractivity contribution in [2.75, 3.05) is 18.5 Å². The standard InChI is InChI=1S/C18H21N3O4/c1-11(21-5-4-19-13(21)3)8-18(23)20-15-10-17-16(24-6-7-25-17)9-14(15)12(2)22/h4-5,9-11H,6-8H2,1-3H3,(H,20,23). The number of nitrogens with one attached hydrogen (secondary N) is 1. The zero-order valence-electron chi connectivity index (χ0n) is 14.5. The van der Waals surface area contributed by atoms with Crippen molar-refractivity contribution in [2.24, 2.45) is 0 Å². The number of carbonyl (C=O) groups excluding carboxylic acids is 2. The Balaban J connectivity index is 1.78. The molecular formula is C18H21N3O4. The fourth-order valence-corrected chi connectivity index (χ4v) is 2.90. The molecule has 1 aromatic heterocycles. The molecule has 0 radical (unpaired) electrons. The Morgan fingerprint density at radius 2 is 1.96 bits per heavy atom. The maximum Gasteiger partial charge on any atom is 0.226 e. The van der Waals surface area contributed by atoms with Gasteiger partial charge < -0.3 is 19.4 Å². The van der Waals surface area contributed by atoms with Gasteiger partial charge in [-0.05, 0) is 26.8 Å². The molecule has 2 heterocycles. The molecule has 1 aliphatic rings. The smallest absolute Gasteiger partial charge is 0.226 e. The fraction of sp³-hybridized carbons (Fsp3) is 0.389. The van der Waals surface area contributed by atoms with Crippen LogP contribution in [0.1, 0.15) is 42.5 Å². The first kappa shape index (κ1) is 17.0. The van der Waals surface area contributed by atoms with Gasteiger partial charge in [-0.1, -0.05) is 0 Å². The van der Waals surface area contributed by atoms with Gasteiger partial charge in [0, 0.05) is 36.5 Å². The average Bonchev–Trinajstić information content (AvgIpc) is 3.00. The molecule has 7 nitrogen and oxygen atoms in total. The second-order valence-corrected chi connectivity index (χ2v) is 6.08. The Hall–Kier alpha value is -2.83. The number of hydrogen-bond donors (Lipinski definition) is 1. The largest absolute Gasteiger partial charge is 0.486 e. The maximum atomic E-state index is 12.4. The third kappa shape index (κ3) is 3.65. The summed E-state index contributed by atoms with van der Waals surface area (Å²) in [5.41, 5.74) is 0.848. The quantitative estimate of drug-likeness (QED) is 0.844. The van der Waals surface area contributed by atoms with Crippen molar-refractivity contribution in [1.29, 1.82) is 0 Å². The Bertz CT molecular complexity index is 813. The lowest BCUT2D eigenvalue weighted by atomic mass is 10.1. The minimum absolute atomic E-state index is 0.0412. The molecule has 2 aromatic rings. The first-order valence-electron chi connectivity index (χ1n) is 8.19. The van der Waals surface area contributed by atoms with Crippen molar-refractivity contribution in [3.8, 4) is 11.5 Å². The van der Waals surface area contributed by atoms with E-state index in [2.05, 4.69) is 10.3 Å². The average molecular weight is 343 g/mol. The number of amides is 1. The lowest BCUT2D eigenvalue weighted by Crippen LogP contribution is -2.20. The molecule has 1 aliphatic heterocycles. The van der Waals surface area contributed by atoms with Gasteiger partial charge in [0.05, 0.1) is 5.69 Å². The van der Waals surface area contributed by atoms with E-state index in [4.69, 9.17) is 9.47 Å². The number of ketones is 1. The molecule has 132 valence electrons. The summed E-state index contributed by atoms with van der Waals surface area (Å²) in [5.74, 6) is 1.58. The molecule has 0 fully saturated rings. The highest BCUT2D eigenvalue weighted by Crippen LogP contribution is 2.36. The third-order valence-corrected chi connectivity index (χ3v) is 4.15. The fourth-order valence-electron chi connectivity index (χ4n) is 2.90. The molecule has 3 rings (SSSR count). The van der Waals surface area contributed by atoms with E-state index in [1.165, 1.54) is 6.92 Å². The van der Waals surface area contributed by atoms with Crippen LogP contribution in [0.25, 0.3) is 0 Å². The molecule has 0 bridgehead atoms. The van der Waals surface area contributed by atoms with E-state index in [1.807, 2.05) is 24.6 Å². The highest BCUT2D eigenvalue weighted by Gasteiger charge is 2.20. The van der Waals surface area contributed by atoms with Gasteiger partial charge in [-0.25, -0.2) is 4.98 Å². The predicted octanol–water partition coefficient (Wildman–Crippen LogP) is 2.76. The van der Waals surface area contributed by atoms with Crippen LogP contribution in [0, 0.1) is 6.92 Å². The molecule has 1 unspecified atom stereocenters. The molecule has 7 heteroatoms. The number of carbonyl (C=O) groups is 2. The number of benzene rings is 1. The van der Waals surface area contributed by atoms with Crippen LogP contribution < -0.4 is 14.8 Å². The van der Waals surface area contributed by atoms with Crippen LogP contribution in [0.3, 0.4) is 0 Å². The number of fused-ring (bicyclic) bond motifs is 1. The molecule has 0 aliphatic carbocycles. The number of hydrogen-bond acceptors (Lipinski definition) is 5. The molecule has 0 saturated carbocycles. The summed E-state index contributed by atoms with van der Waals surface area (Å²) in [4.78, 5) is 28.5. The number of anilines is 1. The van der Waals surface area contributed by atoms with Crippen molar-refractivity contribution in [2.45, 2.75) is 33.2 Å². The summed E-state index contributed by atoms with van der Waals surface area (Å²) in [5, 5.41) is 2.83. The van der Waals surface area contributed by atoms with E-state index in [-0.39, 0.29) is 24.2 Å². The number of imidazole rings is 1. The molecule has 1 amide bonds. The summed E-state index contributed by atoms with van der Waals surface area (Å²) in [6.07, 6.45) is 3.82. The van der Waals surface area contributed by atoms with Crippen LogP contribution >= 0.6 is 0 Å². The Morgan fingerprint density at radius 3 is 2.56 bits per heavy atom. The van der Waals surface area contributed by atoms with E-state index in [0.29, 0.717) is 36.0 Å². The topological polar surface area (TPSA) is 82.5 Å². The lowest BCUT2D eigenvalue weighted by molar-refractivity contribution is -0.116. The third-order valence-electron chi connectivity index (χ3n) is 4.15. The van der Waals surface area contributed by atoms with Crippen molar-refractivity contribution in [1.82, 2.24) is 9.55 Å². The zero-order chi connectivity index (χ0) is 18.0. The zero-order valence-corrected chi connectivity index (χ0v) is 14.5. The molecule has 1 aromatic carbocycles. The molecule has 1 atom stereocenters. The normalized spacial score (nSPS) is 14.0. The van der Waals surface area contributed by atoms with Crippen LogP contribution in [0.5, 0.6) is 11.5 Å². The summed E-state index contributed by atoms with van der Waals surface area (Å²) in [6.45, 7) is 6.18. The van der Waals surface area contributed by atoms with E-state index >= 15 is 0 Å². The molecule has 0 spiro atoms. The maximum absolute atomic E-state index is 12.4. The molecule has 1 N–H and O–H groups in total. The van der Waals surface area contributed by atoms with Crippen LogP contribution in [-0.4, -0.2) is 34.5 Å². The Morgan fingerprint density at radius 1 is 1.28 bits per heavy atom. The number of aromatic nitrogens is 2. The Labute approximate surface area is 146 Å². The number of rotatable bonds is 5. The lowest BCUT2D eigenvalue weighted by Gasteiger charge is -2.21. The van der Waals surface area contributed by atoms with Gasteiger partial charge in [0.25, 0.3) is 0 Å². The molecular weight excluding hydrogens is 322 g/mol. The number of ether oxygens (including phenoxy) is 2. The minimum atomic E-state index is -0.181. The van der Waals surface area contributed by atoms with Crippen LogP contribution in [0.2, 0.25) is 0 Å². The summed E-state index contributed by atoms with van der Waals surface area (Å²) in [6, 6.07) is 3.23. The monoisotopic (exact) mass is 343 g/mol. The number of Topliss-reactive ketones (excluding diaryl/α,β-unsaturated/α-hetero) is 1. The van der Waals surface area contributed by atoms with Gasteiger partial charge >= 0.3 is 0 Å². The van der Waals surface area contributed by atoms with Gasteiger partial charge in [-0.15, -0.1) is 0 Å². The number of nitrogens with zero attached hydrogens (tertiary/aromatic N) is 2. The van der Waals surface area contributed by atoms with Gasteiger partial charge in [0.2, 0.25) is 5.91 Å². The number of aryl methyl sites for hydroxylation is 1. The first-order chi connectivity index (χ1) is 12.0. The summed E-state index contributed by atoms with van der Waals surface area (Å²) < 4.78 is 13.0. The van der Waals surface area contributed by atoms with E-state index in [0.717, 1.165) is 5.82 Å². The van der Waals surface area contributed by atoms with E-state index in [1.54, 1.807) is 18.3 Å². The molecule has 0 saturated heterocycles. The van der Waals surface area contributed by atoms with Crippen molar-refractivity contribution in [3.05, 3.63) is 35.9 Å². The van der Waals surface area contributed by atoms with E-state index < -0.39 is 0 Å². The Kier molecular flexibility index (Phi) is 4.74. The highest BCUT2D eigenvalue weighted by atomic mass is 16.6. The predicted molar refractivity (Wildman–Crippen MR) is 92.4 cm³/mol. The van der Waals surface area contributed by atoms with Crippen molar-refractivity contribution in [3.63, 3.8) is 0 Å². The van der Waals surface area contributed by atoms with Crippen LogP contribution in [0.15, 0.2) is 24.5 Å². The summed E-state index contributed by atoms with van der Waals surface area (Å²) in [7, 11) is 0. The SMILES string of the molecule is CC(=O)c1cc2c(cc1NC(=O)CC(C)n1ccnc1C)OCCO2. The second-order valence-electron chi connectivity index (χ2n) is 6.08. The van der Waals surface area contributed by atoms with Gasteiger partial charge in [-0.2, -0.15) is 0 Å². The first-order valence-corrected chi connectivity index (χ1v) is 8.19.